The van der Waals surface area contributed by atoms with Crippen LogP contribution in [0.3, 0.4) is 0 Å². The minimum Gasteiger partial charge on any atom is -0.323 e. The van der Waals surface area contributed by atoms with Crippen molar-refractivity contribution in [1.29, 1.82) is 0 Å². The smallest absolute Gasteiger partial charge is 0.254 e. The zero-order valence-corrected chi connectivity index (χ0v) is 22.7. The molecule has 5 aromatic rings. The van der Waals surface area contributed by atoms with Gasteiger partial charge in [0.2, 0.25) is 5.91 Å². The topological polar surface area (TPSA) is 125 Å². The Morgan fingerprint density at radius 1 is 1.05 bits per heavy atom. The third-order valence-corrected chi connectivity index (χ3v) is 7.47. The van der Waals surface area contributed by atoms with Gasteiger partial charge < -0.3 is 5.32 Å². The Hall–Kier alpha value is -4.64. The molecule has 2 atom stereocenters. The summed E-state index contributed by atoms with van der Waals surface area (Å²) in [7, 11) is 1.83. The molecule has 1 N–H and O–H groups in total. The SMILES string of the molecule is CC1CCCC(n2cnc(-c3cc(Cl)ccc3-n3ccnn3)cc2=O)c2cc(ccn2)-c2c(cnn2C)NC1=O. The third kappa shape index (κ3) is 4.79. The molecule has 4 aromatic heterocycles. The van der Waals surface area contributed by atoms with Crippen molar-refractivity contribution in [2.45, 2.75) is 32.2 Å². The number of halogens is 1. The fraction of sp³-hybridized carbons (Fsp3) is 0.250. The Labute approximate surface area is 234 Å². The fourth-order valence-electron chi connectivity index (χ4n) is 5.12. The summed E-state index contributed by atoms with van der Waals surface area (Å²) in [6, 6.07) is 10.3. The predicted molar refractivity (Wildman–Crippen MR) is 150 cm³/mol. The van der Waals surface area contributed by atoms with E-state index in [-0.39, 0.29) is 23.4 Å². The van der Waals surface area contributed by atoms with Crippen LogP contribution in [0.4, 0.5) is 5.69 Å². The van der Waals surface area contributed by atoms with E-state index in [4.69, 9.17) is 11.6 Å². The summed E-state index contributed by atoms with van der Waals surface area (Å²) in [4.78, 5) is 35.9. The van der Waals surface area contributed by atoms with E-state index in [0.717, 1.165) is 17.0 Å². The van der Waals surface area contributed by atoms with Gasteiger partial charge in [-0.2, -0.15) is 5.10 Å². The lowest BCUT2D eigenvalue weighted by Crippen LogP contribution is -2.27. The van der Waals surface area contributed by atoms with Crippen molar-refractivity contribution in [3.8, 4) is 28.2 Å². The van der Waals surface area contributed by atoms with Crippen molar-refractivity contribution in [1.82, 2.24) is 39.3 Å². The maximum absolute atomic E-state index is 13.6. The number of anilines is 1. The summed E-state index contributed by atoms with van der Waals surface area (Å²) in [6.07, 6.45) is 10.2. The maximum Gasteiger partial charge on any atom is 0.254 e. The standard InChI is InChI=1S/C28H26ClN9O2/c1-17-4-3-5-25(22-12-18(8-9-30-22)27-23(34-28(17)40)15-33-36(27)2)37-16-31-21(14-26(37)39)20-13-19(29)6-7-24(20)38-11-10-32-35-38/h6-17,25H,3-5H2,1-2H3,(H,34,40). The van der Waals surface area contributed by atoms with E-state index in [1.165, 1.54) is 6.07 Å². The van der Waals surface area contributed by atoms with Crippen LogP contribution in [0.5, 0.6) is 0 Å². The molecule has 0 saturated carbocycles. The number of aryl methyl sites for hydroxylation is 1. The Kier molecular flexibility index (Phi) is 6.72. The van der Waals surface area contributed by atoms with Gasteiger partial charge in [0.05, 0.1) is 59.4 Å². The highest BCUT2D eigenvalue weighted by Gasteiger charge is 2.24. The van der Waals surface area contributed by atoms with Crippen LogP contribution in [0.1, 0.15) is 37.9 Å². The molecule has 202 valence electrons. The van der Waals surface area contributed by atoms with E-state index < -0.39 is 0 Å². The molecule has 5 heterocycles. The van der Waals surface area contributed by atoms with Gasteiger partial charge in [-0.1, -0.05) is 30.2 Å². The van der Waals surface area contributed by atoms with Crippen LogP contribution in [0.25, 0.3) is 28.2 Å². The second kappa shape index (κ2) is 10.5. The van der Waals surface area contributed by atoms with E-state index in [0.29, 0.717) is 46.9 Å². The van der Waals surface area contributed by atoms with E-state index in [9.17, 15) is 9.59 Å². The monoisotopic (exact) mass is 555 g/mol. The highest BCUT2D eigenvalue weighted by molar-refractivity contribution is 6.31. The average Bonchev–Trinajstić information content (AvgIpc) is 3.61. The summed E-state index contributed by atoms with van der Waals surface area (Å²) >= 11 is 6.31. The lowest BCUT2D eigenvalue weighted by atomic mass is 9.97. The Morgan fingerprint density at radius 3 is 2.73 bits per heavy atom. The number of hydrogen-bond acceptors (Lipinski definition) is 7. The van der Waals surface area contributed by atoms with Crippen LogP contribution in [0, 0.1) is 5.92 Å². The molecule has 1 aliphatic rings. The van der Waals surface area contributed by atoms with Crippen molar-refractivity contribution in [2.75, 3.05) is 5.32 Å². The first-order valence-electron chi connectivity index (χ1n) is 12.9. The summed E-state index contributed by atoms with van der Waals surface area (Å²) in [5.74, 6) is -0.275. The van der Waals surface area contributed by atoms with Crippen LogP contribution < -0.4 is 10.9 Å². The number of pyridine rings is 1. The average molecular weight is 556 g/mol. The molecule has 40 heavy (non-hydrogen) atoms. The summed E-state index contributed by atoms with van der Waals surface area (Å²) in [6.45, 7) is 1.91. The molecular weight excluding hydrogens is 530 g/mol. The van der Waals surface area contributed by atoms with Gasteiger partial charge in [0.25, 0.3) is 5.56 Å². The van der Waals surface area contributed by atoms with Crippen molar-refractivity contribution >= 4 is 23.2 Å². The van der Waals surface area contributed by atoms with Gasteiger partial charge in [0.15, 0.2) is 0 Å². The highest BCUT2D eigenvalue weighted by atomic mass is 35.5. The Morgan fingerprint density at radius 2 is 1.93 bits per heavy atom. The maximum atomic E-state index is 13.6. The Bertz CT molecular complexity index is 1760. The molecule has 0 spiro atoms. The quantitative estimate of drug-likeness (QED) is 0.352. The molecule has 6 rings (SSSR count). The first-order valence-corrected chi connectivity index (χ1v) is 13.3. The van der Waals surface area contributed by atoms with Crippen LogP contribution >= 0.6 is 11.6 Å². The van der Waals surface area contributed by atoms with E-state index in [2.05, 4.69) is 30.7 Å². The van der Waals surface area contributed by atoms with Crippen molar-refractivity contribution in [3.63, 3.8) is 0 Å². The highest BCUT2D eigenvalue weighted by Crippen LogP contribution is 2.33. The number of nitrogens with one attached hydrogen (secondary N) is 1. The lowest BCUT2D eigenvalue weighted by Gasteiger charge is -2.22. The van der Waals surface area contributed by atoms with Gasteiger partial charge >= 0.3 is 0 Å². The van der Waals surface area contributed by atoms with Crippen LogP contribution in [0.2, 0.25) is 5.02 Å². The molecular formula is C28H26ClN9O2. The van der Waals surface area contributed by atoms with Gasteiger partial charge in [0.1, 0.15) is 0 Å². The summed E-state index contributed by atoms with van der Waals surface area (Å²) in [5, 5.41) is 15.9. The van der Waals surface area contributed by atoms with Crippen molar-refractivity contribution < 1.29 is 4.79 Å². The number of nitrogens with zero attached hydrogens (tertiary/aromatic N) is 8. The predicted octanol–water partition coefficient (Wildman–Crippen LogP) is 4.29. The molecule has 2 unspecified atom stereocenters. The molecule has 0 fully saturated rings. The number of carbonyl (C=O) groups is 1. The first kappa shape index (κ1) is 25.6. The number of hydrogen-bond donors (Lipinski definition) is 1. The first-order chi connectivity index (χ1) is 19.4. The fourth-order valence-corrected chi connectivity index (χ4v) is 5.30. The number of aromatic nitrogens is 8. The lowest BCUT2D eigenvalue weighted by molar-refractivity contribution is -0.119. The van der Waals surface area contributed by atoms with Crippen LogP contribution in [-0.2, 0) is 11.8 Å². The van der Waals surface area contributed by atoms with Gasteiger partial charge in [-0.25, -0.2) is 9.67 Å². The summed E-state index contributed by atoms with van der Waals surface area (Å²) < 4.78 is 4.93. The number of carbonyl (C=O) groups excluding carboxylic acids is 1. The molecule has 1 aliphatic heterocycles. The minimum absolute atomic E-state index is 0.0615. The molecule has 12 heteroatoms. The second-order valence-corrected chi connectivity index (χ2v) is 10.3. The molecule has 2 bridgehead atoms. The largest absolute Gasteiger partial charge is 0.323 e. The molecule has 1 aromatic carbocycles. The third-order valence-electron chi connectivity index (χ3n) is 7.23. The number of benzene rings is 1. The molecule has 0 radical (unpaired) electrons. The van der Waals surface area contributed by atoms with Crippen LogP contribution in [-0.4, -0.2) is 45.2 Å². The van der Waals surface area contributed by atoms with E-state index in [1.807, 2.05) is 32.2 Å². The van der Waals surface area contributed by atoms with Gasteiger partial charge in [0, 0.05) is 41.4 Å². The number of amides is 1. The van der Waals surface area contributed by atoms with Crippen LogP contribution in [0.15, 0.2) is 72.3 Å². The molecule has 11 nitrogen and oxygen atoms in total. The van der Waals surface area contributed by atoms with E-state index in [1.54, 1.807) is 57.2 Å². The second-order valence-electron chi connectivity index (χ2n) is 9.87. The van der Waals surface area contributed by atoms with Gasteiger partial charge in [-0.05, 0) is 43.2 Å². The molecule has 0 saturated heterocycles. The van der Waals surface area contributed by atoms with E-state index >= 15 is 0 Å². The van der Waals surface area contributed by atoms with Gasteiger partial charge in [-0.15, -0.1) is 5.10 Å². The van der Waals surface area contributed by atoms with Crippen molar-refractivity contribution in [2.24, 2.45) is 13.0 Å². The number of fused-ring (bicyclic) bond motifs is 4. The normalized spacial score (nSPS) is 17.4. The van der Waals surface area contributed by atoms with Crippen molar-refractivity contribution in [3.05, 3.63) is 88.6 Å². The Balaban J connectivity index is 1.44. The molecule has 0 aliphatic carbocycles. The number of rotatable bonds is 3. The zero-order chi connectivity index (χ0) is 27.8. The minimum atomic E-state index is -0.380. The summed E-state index contributed by atoms with van der Waals surface area (Å²) in [5.41, 5.74) is 4.57. The molecule has 1 amide bonds. The van der Waals surface area contributed by atoms with Gasteiger partial charge in [-0.3, -0.25) is 23.8 Å². The zero-order valence-electron chi connectivity index (χ0n) is 21.9.